The number of Topliss-reactive ketones (excluding diaryl/α,β-unsaturated/α-hetero) is 1. The Morgan fingerprint density at radius 1 is 1.04 bits per heavy atom. The number of nitrogens with zero attached hydrogens (tertiary/aromatic N) is 1. The summed E-state index contributed by atoms with van der Waals surface area (Å²) in [6.07, 6.45) is 0. The molecule has 6 nitrogen and oxygen atoms in total. The van der Waals surface area contributed by atoms with Crippen molar-refractivity contribution in [1.29, 1.82) is 0 Å². The van der Waals surface area contributed by atoms with Crippen LogP contribution in [0, 0.1) is 0 Å². The second-order valence-electron chi connectivity index (χ2n) is 6.61. The maximum absolute atomic E-state index is 13.2. The fourth-order valence-corrected chi connectivity index (χ4v) is 4.01. The molecular formula is C21H14ClN3O3. The number of benzene rings is 2. The van der Waals surface area contributed by atoms with Crippen LogP contribution in [-0.2, 0) is 0 Å². The smallest absolute Gasteiger partial charge is 0.298 e. The number of carbonyl (C=O) groups excluding carboxylic acids is 1. The van der Waals surface area contributed by atoms with Crippen LogP contribution in [0.15, 0.2) is 58.9 Å². The Balaban J connectivity index is 1.81. The van der Waals surface area contributed by atoms with Crippen molar-refractivity contribution in [3.05, 3.63) is 91.7 Å². The summed E-state index contributed by atoms with van der Waals surface area (Å²) in [7, 11) is 1.43. The molecule has 28 heavy (non-hydrogen) atoms. The van der Waals surface area contributed by atoms with Gasteiger partial charge in [-0.1, -0.05) is 48.0 Å². The first-order chi connectivity index (χ1) is 13.6. The van der Waals surface area contributed by atoms with Gasteiger partial charge in [0.15, 0.2) is 5.78 Å². The van der Waals surface area contributed by atoms with Gasteiger partial charge >= 0.3 is 0 Å². The number of hydrogen-bond donors (Lipinski definition) is 2. The van der Waals surface area contributed by atoms with Crippen LogP contribution in [0.5, 0.6) is 6.01 Å². The molecule has 0 radical (unpaired) electrons. The van der Waals surface area contributed by atoms with Crippen LogP contribution in [0.1, 0.15) is 33.0 Å². The largest absolute Gasteiger partial charge is 0.468 e. The van der Waals surface area contributed by atoms with Gasteiger partial charge in [-0.2, -0.15) is 4.98 Å². The van der Waals surface area contributed by atoms with Crippen LogP contribution in [0.2, 0.25) is 5.02 Å². The molecule has 2 heterocycles. The van der Waals surface area contributed by atoms with Gasteiger partial charge in [0.1, 0.15) is 5.82 Å². The maximum Gasteiger partial charge on any atom is 0.298 e. The predicted octanol–water partition coefficient (Wildman–Crippen LogP) is 3.60. The van der Waals surface area contributed by atoms with E-state index in [1.807, 2.05) is 30.3 Å². The lowest BCUT2D eigenvalue weighted by atomic mass is 9.82. The molecule has 0 saturated heterocycles. The van der Waals surface area contributed by atoms with Gasteiger partial charge < -0.3 is 10.1 Å². The molecule has 2 N–H and O–H groups in total. The summed E-state index contributed by atoms with van der Waals surface area (Å²) in [6.45, 7) is 0. The number of halogens is 1. The molecule has 1 aliphatic carbocycles. The Morgan fingerprint density at radius 3 is 2.46 bits per heavy atom. The highest BCUT2D eigenvalue weighted by Gasteiger charge is 2.42. The fraction of sp³-hybridized carbons (Fsp3) is 0.0952. The van der Waals surface area contributed by atoms with E-state index in [1.54, 1.807) is 18.2 Å². The van der Waals surface area contributed by atoms with E-state index in [0.29, 0.717) is 33.2 Å². The third-order valence-corrected chi connectivity index (χ3v) is 5.36. The number of fused-ring (bicyclic) bond motifs is 3. The van der Waals surface area contributed by atoms with Gasteiger partial charge in [0.25, 0.3) is 11.6 Å². The summed E-state index contributed by atoms with van der Waals surface area (Å²) in [5, 5.41) is 3.77. The highest BCUT2D eigenvalue weighted by molar-refractivity contribution is 6.30. The number of aromatic amines is 1. The van der Waals surface area contributed by atoms with Crippen molar-refractivity contribution in [3.8, 4) is 6.01 Å². The number of nitrogens with one attached hydrogen (secondary N) is 2. The molecule has 1 aliphatic heterocycles. The molecule has 0 spiro atoms. The minimum Gasteiger partial charge on any atom is -0.468 e. The highest BCUT2D eigenvalue weighted by Crippen LogP contribution is 2.47. The van der Waals surface area contributed by atoms with Crippen LogP contribution in [0.4, 0.5) is 5.82 Å². The first kappa shape index (κ1) is 16.8. The van der Waals surface area contributed by atoms with Gasteiger partial charge in [-0.15, -0.1) is 0 Å². The summed E-state index contributed by atoms with van der Waals surface area (Å²) in [5.41, 5.74) is 3.43. The SMILES string of the molecule is COc1nc2c(c(=O)[nH]1)C(c1ccc(Cl)cc1)C1=C(N2)c2ccccc2C1=O. The summed E-state index contributed by atoms with van der Waals surface area (Å²) >= 11 is 6.05. The van der Waals surface area contributed by atoms with E-state index in [0.717, 1.165) is 11.1 Å². The number of methoxy groups -OCH3 is 1. The first-order valence-corrected chi connectivity index (χ1v) is 9.05. The molecule has 0 saturated carbocycles. The fourth-order valence-electron chi connectivity index (χ4n) is 3.89. The molecule has 7 heteroatoms. The molecule has 1 aromatic heterocycles. The number of hydrogen-bond acceptors (Lipinski definition) is 5. The molecule has 1 unspecified atom stereocenters. The molecule has 0 amide bonds. The van der Waals surface area contributed by atoms with Crippen molar-refractivity contribution >= 4 is 28.9 Å². The van der Waals surface area contributed by atoms with Crippen molar-refractivity contribution in [2.45, 2.75) is 5.92 Å². The van der Waals surface area contributed by atoms with Crippen molar-refractivity contribution in [1.82, 2.24) is 9.97 Å². The van der Waals surface area contributed by atoms with Gasteiger partial charge in [-0.05, 0) is 17.7 Å². The number of anilines is 1. The average molecular weight is 392 g/mol. The molecule has 0 fully saturated rings. The minimum atomic E-state index is -0.564. The lowest BCUT2D eigenvalue weighted by molar-refractivity contribution is 0.103. The molecule has 1 atom stereocenters. The van der Waals surface area contributed by atoms with Gasteiger partial charge in [0, 0.05) is 27.6 Å². The topological polar surface area (TPSA) is 84.1 Å². The van der Waals surface area contributed by atoms with E-state index in [4.69, 9.17) is 16.3 Å². The normalized spacial score (nSPS) is 16.9. The van der Waals surface area contributed by atoms with E-state index >= 15 is 0 Å². The van der Waals surface area contributed by atoms with E-state index in [2.05, 4.69) is 15.3 Å². The molecule has 0 bridgehead atoms. The number of ether oxygens (including phenoxy) is 1. The zero-order chi connectivity index (χ0) is 19.4. The number of carbonyl (C=O) groups is 1. The molecule has 2 aromatic carbocycles. The van der Waals surface area contributed by atoms with E-state index < -0.39 is 5.92 Å². The lowest BCUT2D eigenvalue weighted by Crippen LogP contribution is -2.28. The summed E-state index contributed by atoms with van der Waals surface area (Å²) < 4.78 is 5.11. The summed E-state index contributed by atoms with van der Waals surface area (Å²) in [5.74, 6) is -0.284. The Bertz CT molecular complexity index is 1230. The van der Waals surface area contributed by atoms with Gasteiger partial charge in [0.2, 0.25) is 0 Å². The van der Waals surface area contributed by atoms with Crippen LogP contribution < -0.4 is 15.6 Å². The molecule has 138 valence electrons. The van der Waals surface area contributed by atoms with E-state index in [1.165, 1.54) is 7.11 Å². The number of rotatable bonds is 2. The van der Waals surface area contributed by atoms with Gasteiger partial charge in [-0.3, -0.25) is 14.6 Å². The standard InChI is InChI=1S/C21H14ClN3O3/c1-28-21-24-19-16(20(27)25-21)14(10-6-8-11(22)9-7-10)15-17(23-19)12-4-2-3-5-13(12)18(15)26/h2-9,14H,1H3,(H2,23,24,25,27). The zero-order valence-corrected chi connectivity index (χ0v) is 15.5. The molecular weight excluding hydrogens is 378 g/mol. The van der Waals surface area contributed by atoms with Crippen LogP contribution in [0.3, 0.4) is 0 Å². The number of allylic oxidation sites excluding steroid dienone is 1. The highest BCUT2D eigenvalue weighted by atomic mass is 35.5. The molecule has 2 aliphatic rings. The van der Waals surface area contributed by atoms with Crippen molar-refractivity contribution < 1.29 is 9.53 Å². The van der Waals surface area contributed by atoms with Gasteiger partial charge in [-0.25, -0.2) is 0 Å². The Hall–Kier alpha value is -3.38. The summed E-state index contributed by atoms with van der Waals surface area (Å²) in [4.78, 5) is 33.1. The van der Waals surface area contributed by atoms with Gasteiger partial charge in [0.05, 0.1) is 18.4 Å². The lowest BCUT2D eigenvalue weighted by Gasteiger charge is -2.27. The Morgan fingerprint density at radius 2 is 1.75 bits per heavy atom. The monoisotopic (exact) mass is 391 g/mol. The number of ketones is 1. The first-order valence-electron chi connectivity index (χ1n) is 8.67. The Labute approximate surface area is 164 Å². The van der Waals surface area contributed by atoms with E-state index in [-0.39, 0.29) is 17.4 Å². The van der Waals surface area contributed by atoms with Crippen LogP contribution in [-0.4, -0.2) is 22.9 Å². The van der Waals surface area contributed by atoms with Crippen LogP contribution >= 0.6 is 11.6 Å². The molecule has 3 aromatic rings. The van der Waals surface area contributed by atoms with E-state index in [9.17, 15) is 9.59 Å². The Kier molecular flexibility index (Phi) is 3.64. The predicted molar refractivity (Wildman–Crippen MR) is 106 cm³/mol. The van der Waals surface area contributed by atoms with Crippen molar-refractivity contribution in [2.24, 2.45) is 0 Å². The zero-order valence-electron chi connectivity index (χ0n) is 14.7. The summed E-state index contributed by atoms with van der Waals surface area (Å²) in [6, 6.07) is 14.6. The second kappa shape index (κ2) is 6.07. The number of H-pyrrole nitrogens is 1. The average Bonchev–Trinajstić information content (AvgIpc) is 2.99. The second-order valence-corrected chi connectivity index (χ2v) is 7.05. The third kappa shape index (κ3) is 2.31. The van der Waals surface area contributed by atoms with Crippen LogP contribution in [0.25, 0.3) is 5.70 Å². The molecule has 5 rings (SSSR count). The number of aromatic nitrogens is 2. The third-order valence-electron chi connectivity index (χ3n) is 5.11. The van der Waals surface area contributed by atoms with Crippen molar-refractivity contribution in [2.75, 3.05) is 12.4 Å². The maximum atomic E-state index is 13.2. The van der Waals surface area contributed by atoms with Crippen molar-refractivity contribution in [3.63, 3.8) is 0 Å². The minimum absolute atomic E-state index is 0.0982. The quantitative estimate of drug-likeness (QED) is 0.697.